The number of alkyl carbamates (subject to hydrolysis) is 1. The fourth-order valence-electron chi connectivity index (χ4n) is 2.08. The number of nitrogens with one attached hydrogen (secondary N) is 1. The van der Waals surface area contributed by atoms with E-state index in [0.717, 1.165) is 6.42 Å². The number of hydrogen-bond donors (Lipinski definition) is 4. The van der Waals surface area contributed by atoms with Gasteiger partial charge in [0.05, 0.1) is 11.1 Å². The lowest BCUT2D eigenvalue weighted by molar-refractivity contribution is -0.142. The van der Waals surface area contributed by atoms with Crippen molar-refractivity contribution in [3.05, 3.63) is 23.8 Å². The second kappa shape index (κ2) is 9.22. The first-order valence-corrected chi connectivity index (χ1v) is 7.86. The molecule has 0 heterocycles. The minimum Gasteiger partial charge on any atom is -0.481 e. The van der Waals surface area contributed by atoms with Gasteiger partial charge >= 0.3 is 18.0 Å². The van der Waals surface area contributed by atoms with E-state index in [1.54, 1.807) is 20.8 Å². The number of aliphatic hydroxyl groups excluding tert-OH is 1. The fraction of sp³-hybridized carbons (Fsp3) is 0.588. The summed E-state index contributed by atoms with van der Waals surface area (Å²) in [7, 11) is 0. The van der Waals surface area contributed by atoms with Gasteiger partial charge in [-0.3, -0.25) is 4.79 Å². The van der Waals surface area contributed by atoms with Gasteiger partial charge in [-0.2, -0.15) is 0 Å². The van der Waals surface area contributed by atoms with Crippen molar-refractivity contribution in [2.24, 2.45) is 5.92 Å². The Hall–Kier alpha value is -2.35. The second-order valence-electron chi connectivity index (χ2n) is 6.64. The number of carbonyl (C=O) groups excluding carboxylic acids is 1. The zero-order valence-corrected chi connectivity index (χ0v) is 15.2. The highest BCUT2D eigenvalue weighted by Crippen LogP contribution is 2.31. The van der Waals surface area contributed by atoms with Gasteiger partial charge in [0.1, 0.15) is 11.5 Å². The summed E-state index contributed by atoms with van der Waals surface area (Å²) in [4.78, 5) is 34.6. The molecule has 8 heteroatoms. The highest BCUT2D eigenvalue weighted by molar-refractivity contribution is 5.94. The number of aliphatic carboxylic acids is 2. The molecule has 1 amide bonds. The number of carbonyl (C=O) groups is 3. The van der Waals surface area contributed by atoms with Crippen molar-refractivity contribution in [2.45, 2.75) is 52.2 Å². The van der Waals surface area contributed by atoms with Crippen LogP contribution in [-0.2, 0) is 14.3 Å². The standard InChI is InChI=1S/C14H19NO6.C3H8O/c1-13(2,3)21-12(20)15-14(4)8(10(16)17)6-5-7-9(14)11(18)19;1-2-3-4/h5-8H,1-4H3,(H,15,20)(H,16,17)(H,18,19);4H,2-3H2,1H3. The summed E-state index contributed by atoms with van der Waals surface area (Å²) >= 11 is 0. The Labute approximate surface area is 147 Å². The highest BCUT2D eigenvalue weighted by atomic mass is 16.6. The number of rotatable bonds is 4. The molecule has 0 aromatic rings. The molecule has 0 spiro atoms. The Balaban J connectivity index is 0.00000129. The number of ether oxygens (including phenoxy) is 1. The van der Waals surface area contributed by atoms with Crippen LogP contribution in [0.4, 0.5) is 4.79 Å². The van der Waals surface area contributed by atoms with Crippen LogP contribution >= 0.6 is 0 Å². The number of aliphatic hydroxyl groups is 1. The number of hydrogen-bond acceptors (Lipinski definition) is 5. The van der Waals surface area contributed by atoms with Crippen molar-refractivity contribution < 1.29 is 34.4 Å². The lowest BCUT2D eigenvalue weighted by Gasteiger charge is -2.37. The molecule has 8 nitrogen and oxygen atoms in total. The van der Waals surface area contributed by atoms with E-state index in [0.29, 0.717) is 6.61 Å². The van der Waals surface area contributed by atoms with E-state index in [1.807, 2.05) is 6.92 Å². The van der Waals surface area contributed by atoms with Crippen LogP contribution in [0.5, 0.6) is 0 Å². The quantitative estimate of drug-likeness (QED) is 0.604. The van der Waals surface area contributed by atoms with Gasteiger partial charge in [-0.15, -0.1) is 0 Å². The van der Waals surface area contributed by atoms with Crippen LogP contribution in [0.1, 0.15) is 41.0 Å². The zero-order valence-electron chi connectivity index (χ0n) is 15.2. The van der Waals surface area contributed by atoms with E-state index in [9.17, 15) is 24.6 Å². The SMILES string of the molecule is CC(C)(C)OC(=O)NC1(C)C(C(=O)O)=CC=CC1C(=O)O.CCCO. The van der Waals surface area contributed by atoms with E-state index in [-0.39, 0.29) is 5.57 Å². The number of carboxylic acids is 2. The number of carboxylic acid groups (broad SMARTS) is 2. The minimum atomic E-state index is -1.60. The third-order valence-electron chi connectivity index (χ3n) is 3.23. The average molecular weight is 357 g/mol. The molecule has 2 unspecified atom stereocenters. The summed E-state index contributed by atoms with van der Waals surface area (Å²) in [5.41, 5.74) is -2.60. The molecule has 0 aromatic heterocycles. The third kappa shape index (κ3) is 6.96. The van der Waals surface area contributed by atoms with Crippen LogP contribution < -0.4 is 5.32 Å². The topological polar surface area (TPSA) is 133 Å². The lowest BCUT2D eigenvalue weighted by Crippen LogP contribution is -2.57. The van der Waals surface area contributed by atoms with Crippen molar-refractivity contribution in [3.8, 4) is 0 Å². The molecule has 0 aliphatic heterocycles. The first-order chi connectivity index (χ1) is 11.4. The molecule has 0 fully saturated rings. The van der Waals surface area contributed by atoms with Crippen molar-refractivity contribution in [1.82, 2.24) is 5.32 Å². The Kier molecular flexibility index (Phi) is 8.35. The van der Waals surface area contributed by atoms with E-state index in [4.69, 9.17) is 9.84 Å². The van der Waals surface area contributed by atoms with Crippen molar-refractivity contribution in [1.29, 1.82) is 0 Å². The van der Waals surface area contributed by atoms with E-state index in [2.05, 4.69) is 5.32 Å². The first-order valence-electron chi connectivity index (χ1n) is 7.86. The van der Waals surface area contributed by atoms with Crippen LogP contribution in [0.2, 0.25) is 0 Å². The molecule has 0 saturated heterocycles. The summed E-state index contributed by atoms with van der Waals surface area (Å²) in [5, 5.41) is 28.7. The number of amides is 1. The van der Waals surface area contributed by atoms with E-state index in [1.165, 1.54) is 25.2 Å². The lowest BCUT2D eigenvalue weighted by atomic mass is 9.76. The van der Waals surface area contributed by atoms with Crippen molar-refractivity contribution >= 4 is 18.0 Å². The van der Waals surface area contributed by atoms with Gasteiger partial charge < -0.3 is 25.4 Å². The largest absolute Gasteiger partial charge is 0.481 e. The van der Waals surface area contributed by atoms with Gasteiger partial charge in [0.25, 0.3) is 0 Å². The smallest absolute Gasteiger partial charge is 0.408 e. The Morgan fingerprint density at radius 1 is 1.28 bits per heavy atom. The average Bonchev–Trinajstić information content (AvgIpc) is 2.44. The third-order valence-corrected chi connectivity index (χ3v) is 3.23. The Morgan fingerprint density at radius 2 is 1.80 bits per heavy atom. The van der Waals surface area contributed by atoms with Crippen LogP contribution in [0.3, 0.4) is 0 Å². The predicted octanol–water partition coefficient (Wildman–Crippen LogP) is 1.94. The second-order valence-corrected chi connectivity index (χ2v) is 6.64. The predicted molar refractivity (Wildman–Crippen MR) is 91.1 cm³/mol. The highest BCUT2D eigenvalue weighted by Gasteiger charge is 2.46. The first kappa shape index (κ1) is 22.6. The number of allylic oxidation sites excluding steroid dienone is 2. The van der Waals surface area contributed by atoms with E-state index < -0.39 is 35.1 Å². The molecule has 0 bridgehead atoms. The molecule has 0 aromatic carbocycles. The monoisotopic (exact) mass is 357 g/mol. The van der Waals surface area contributed by atoms with E-state index >= 15 is 0 Å². The molecule has 142 valence electrons. The fourth-order valence-corrected chi connectivity index (χ4v) is 2.08. The van der Waals surface area contributed by atoms with Gasteiger partial charge in [0.15, 0.2) is 0 Å². The zero-order chi connectivity index (χ0) is 19.8. The minimum absolute atomic E-state index is 0.219. The van der Waals surface area contributed by atoms with Crippen LogP contribution in [0.25, 0.3) is 0 Å². The van der Waals surface area contributed by atoms with Gasteiger partial charge in [-0.1, -0.05) is 19.1 Å². The Morgan fingerprint density at radius 3 is 2.16 bits per heavy atom. The molecule has 1 aliphatic carbocycles. The normalized spacial score (nSPS) is 22.2. The molecule has 25 heavy (non-hydrogen) atoms. The van der Waals surface area contributed by atoms with Crippen LogP contribution in [0, 0.1) is 5.92 Å². The maximum Gasteiger partial charge on any atom is 0.408 e. The van der Waals surface area contributed by atoms with Crippen LogP contribution in [-0.4, -0.2) is 51.1 Å². The summed E-state index contributed by atoms with van der Waals surface area (Å²) in [6.45, 7) is 8.55. The van der Waals surface area contributed by atoms with Gasteiger partial charge in [0.2, 0.25) is 0 Å². The molecule has 1 rings (SSSR count). The maximum atomic E-state index is 11.9. The van der Waals surface area contributed by atoms with Crippen molar-refractivity contribution in [2.75, 3.05) is 6.61 Å². The molecule has 4 N–H and O–H groups in total. The molecule has 0 saturated carbocycles. The van der Waals surface area contributed by atoms with Crippen molar-refractivity contribution in [3.63, 3.8) is 0 Å². The summed E-state index contributed by atoms with van der Waals surface area (Å²) in [6.07, 6.45) is 3.94. The van der Waals surface area contributed by atoms with Gasteiger partial charge in [-0.05, 0) is 40.2 Å². The molecular weight excluding hydrogens is 330 g/mol. The van der Waals surface area contributed by atoms with Gasteiger partial charge in [-0.25, -0.2) is 9.59 Å². The molecule has 0 radical (unpaired) electrons. The molecule has 2 atom stereocenters. The summed E-state index contributed by atoms with van der Waals surface area (Å²) in [5.74, 6) is -3.75. The summed E-state index contributed by atoms with van der Waals surface area (Å²) < 4.78 is 5.07. The molecule has 1 aliphatic rings. The Bertz CT molecular complexity index is 558. The maximum absolute atomic E-state index is 11.9. The summed E-state index contributed by atoms with van der Waals surface area (Å²) in [6, 6.07) is 0. The van der Waals surface area contributed by atoms with Gasteiger partial charge in [0, 0.05) is 6.61 Å². The van der Waals surface area contributed by atoms with Crippen LogP contribution in [0.15, 0.2) is 23.8 Å². The molecular formula is C17H27NO7.